The molecule has 0 amide bonds. The number of aromatic nitrogens is 2. The third kappa shape index (κ3) is 2.48. The second-order valence-electron chi connectivity index (χ2n) is 6.79. The minimum Gasteiger partial charge on any atom is -0.326 e. The topological polar surface area (TPSA) is 43.8 Å². The van der Waals surface area contributed by atoms with Crippen molar-refractivity contribution in [3.8, 4) is 0 Å². The average Bonchev–Trinajstić information content (AvgIpc) is 3.31. The van der Waals surface area contributed by atoms with Crippen molar-refractivity contribution in [3.05, 3.63) is 29.6 Å². The Morgan fingerprint density at radius 2 is 1.81 bits per heavy atom. The predicted molar refractivity (Wildman–Crippen MR) is 86.3 cm³/mol. The number of imidazole rings is 1. The highest BCUT2D eigenvalue weighted by Gasteiger charge is 2.31. The van der Waals surface area contributed by atoms with Gasteiger partial charge in [0.15, 0.2) is 0 Å². The summed E-state index contributed by atoms with van der Waals surface area (Å²) in [6, 6.07) is 7.30. The third-order valence-electron chi connectivity index (χ3n) is 5.15. The maximum atomic E-state index is 5.79. The van der Waals surface area contributed by atoms with Gasteiger partial charge in [-0.15, -0.1) is 0 Å². The Bertz CT molecular complexity index is 631. The van der Waals surface area contributed by atoms with Crippen molar-refractivity contribution in [1.29, 1.82) is 0 Å². The van der Waals surface area contributed by atoms with Crippen LogP contribution in [0.25, 0.3) is 11.0 Å². The molecule has 0 unspecified atom stereocenters. The van der Waals surface area contributed by atoms with Gasteiger partial charge in [0.1, 0.15) is 5.82 Å². The van der Waals surface area contributed by atoms with Crippen LogP contribution in [-0.4, -0.2) is 9.55 Å². The van der Waals surface area contributed by atoms with Crippen molar-refractivity contribution in [2.45, 2.75) is 69.9 Å². The van der Waals surface area contributed by atoms with Crippen LogP contribution in [0.2, 0.25) is 0 Å². The first-order valence-corrected chi connectivity index (χ1v) is 8.57. The number of nitrogens with two attached hydrogens (primary N) is 1. The fraction of sp³-hybridized carbons (Fsp3) is 0.611. The van der Waals surface area contributed by atoms with Gasteiger partial charge < -0.3 is 10.3 Å². The lowest BCUT2D eigenvalue weighted by Gasteiger charge is -2.16. The van der Waals surface area contributed by atoms with Gasteiger partial charge in [0.25, 0.3) is 0 Å². The molecule has 2 aliphatic carbocycles. The van der Waals surface area contributed by atoms with Crippen molar-refractivity contribution >= 4 is 11.0 Å². The van der Waals surface area contributed by atoms with Gasteiger partial charge in [0.05, 0.1) is 11.0 Å². The van der Waals surface area contributed by atoms with Crippen LogP contribution in [0, 0.1) is 0 Å². The minimum atomic E-state index is 0.602. The van der Waals surface area contributed by atoms with Crippen LogP contribution >= 0.6 is 0 Å². The number of fused-ring (bicyclic) bond motifs is 1. The van der Waals surface area contributed by atoms with E-state index in [-0.39, 0.29) is 0 Å². The van der Waals surface area contributed by atoms with Gasteiger partial charge in [-0.2, -0.15) is 0 Å². The molecule has 2 N–H and O–H groups in total. The number of nitrogens with zero attached hydrogens (tertiary/aromatic N) is 2. The molecule has 0 bridgehead atoms. The first kappa shape index (κ1) is 13.3. The van der Waals surface area contributed by atoms with E-state index in [0.29, 0.717) is 18.5 Å². The van der Waals surface area contributed by atoms with E-state index in [1.165, 1.54) is 68.3 Å². The van der Waals surface area contributed by atoms with Crippen molar-refractivity contribution in [1.82, 2.24) is 9.55 Å². The van der Waals surface area contributed by atoms with E-state index in [1.54, 1.807) is 0 Å². The van der Waals surface area contributed by atoms with Crippen LogP contribution in [0.1, 0.15) is 74.7 Å². The zero-order valence-electron chi connectivity index (χ0n) is 12.7. The lowest BCUT2D eigenvalue weighted by Crippen LogP contribution is -2.08. The number of hydrogen-bond acceptors (Lipinski definition) is 2. The molecule has 0 aliphatic heterocycles. The van der Waals surface area contributed by atoms with Crippen molar-refractivity contribution in [2.24, 2.45) is 5.73 Å². The second kappa shape index (κ2) is 5.45. The molecule has 4 rings (SSSR count). The Hall–Kier alpha value is -1.35. The first-order chi connectivity index (χ1) is 10.4. The highest BCUT2D eigenvalue weighted by Crippen LogP contribution is 2.42. The molecule has 2 fully saturated rings. The molecule has 2 saturated carbocycles. The molecule has 1 heterocycles. The first-order valence-electron chi connectivity index (χ1n) is 8.57. The van der Waals surface area contributed by atoms with Gasteiger partial charge in [-0.25, -0.2) is 4.98 Å². The number of benzene rings is 1. The normalized spacial score (nSPS) is 20.8. The maximum Gasteiger partial charge on any atom is 0.113 e. The largest absolute Gasteiger partial charge is 0.326 e. The molecule has 1 aromatic heterocycles. The van der Waals surface area contributed by atoms with Crippen LogP contribution in [-0.2, 0) is 6.54 Å². The summed E-state index contributed by atoms with van der Waals surface area (Å²) in [6.07, 6.45) is 10.8. The standard InChI is InChI=1S/C18H25N3/c19-12-13-7-10-17-16(11-13)20-18(21(17)15-8-9-15)14-5-3-1-2-4-6-14/h7,10-11,14-15H,1-6,8-9,12,19H2. The van der Waals surface area contributed by atoms with E-state index < -0.39 is 0 Å². The molecule has 2 aromatic rings. The van der Waals surface area contributed by atoms with E-state index in [2.05, 4.69) is 22.8 Å². The molecular formula is C18H25N3. The van der Waals surface area contributed by atoms with Gasteiger partial charge in [-0.05, 0) is 43.4 Å². The Balaban J connectivity index is 1.80. The van der Waals surface area contributed by atoms with Crippen molar-refractivity contribution in [3.63, 3.8) is 0 Å². The molecule has 3 nitrogen and oxygen atoms in total. The van der Waals surface area contributed by atoms with Gasteiger partial charge in [0, 0.05) is 18.5 Å². The van der Waals surface area contributed by atoms with E-state index in [0.717, 1.165) is 5.52 Å². The average molecular weight is 283 g/mol. The summed E-state index contributed by atoms with van der Waals surface area (Å²) in [5, 5.41) is 0. The van der Waals surface area contributed by atoms with E-state index in [1.807, 2.05) is 0 Å². The minimum absolute atomic E-state index is 0.602. The Morgan fingerprint density at radius 1 is 1.05 bits per heavy atom. The second-order valence-corrected chi connectivity index (χ2v) is 6.79. The predicted octanol–water partition coefficient (Wildman–Crippen LogP) is 4.27. The fourth-order valence-electron chi connectivity index (χ4n) is 3.83. The summed E-state index contributed by atoms with van der Waals surface area (Å²) in [5.74, 6) is 2.03. The molecule has 0 radical (unpaired) electrons. The summed E-state index contributed by atoms with van der Waals surface area (Å²) in [4.78, 5) is 5.06. The Labute approximate surface area is 126 Å². The molecule has 112 valence electrons. The van der Waals surface area contributed by atoms with Gasteiger partial charge >= 0.3 is 0 Å². The molecule has 21 heavy (non-hydrogen) atoms. The molecule has 0 atom stereocenters. The van der Waals surface area contributed by atoms with Crippen molar-refractivity contribution < 1.29 is 0 Å². The smallest absolute Gasteiger partial charge is 0.113 e. The van der Waals surface area contributed by atoms with E-state index in [4.69, 9.17) is 10.7 Å². The summed E-state index contributed by atoms with van der Waals surface area (Å²) in [7, 11) is 0. The number of hydrogen-bond donors (Lipinski definition) is 1. The van der Waals surface area contributed by atoms with Crippen LogP contribution in [0.5, 0.6) is 0 Å². The fourth-order valence-corrected chi connectivity index (χ4v) is 3.83. The summed E-state index contributed by atoms with van der Waals surface area (Å²) < 4.78 is 2.56. The highest BCUT2D eigenvalue weighted by molar-refractivity contribution is 5.77. The summed E-state index contributed by atoms with van der Waals surface area (Å²) in [5.41, 5.74) is 9.46. The zero-order valence-corrected chi connectivity index (χ0v) is 12.7. The summed E-state index contributed by atoms with van der Waals surface area (Å²) >= 11 is 0. The molecule has 3 heteroatoms. The van der Waals surface area contributed by atoms with Crippen LogP contribution in [0.4, 0.5) is 0 Å². The highest BCUT2D eigenvalue weighted by atomic mass is 15.1. The molecular weight excluding hydrogens is 258 g/mol. The van der Waals surface area contributed by atoms with E-state index >= 15 is 0 Å². The SMILES string of the molecule is NCc1ccc2c(c1)nc(C1CCCCCC1)n2C1CC1. The van der Waals surface area contributed by atoms with Gasteiger partial charge in [-0.1, -0.05) is 31.7 Å². The van der Waals surface area contributed by atoms with Gasteiger partial charge in [0.2, 0.25) is 0 Å². The molecule has 0 spiro atoms. The van der Waals surface area contributed by atoms with Crippen LogP contribution < -0.4 is 5.73 Å². The Morgan fingerprint density at radius 3 is 2.48 bits per heavy atom. The lowest BCUT2D eigenvalue weighted by molar-refractivity contribution is 0.529. The lowest BCUT2D eigenvalue weighted by atomic mass is 9.99. The molecule has 0 saturated heterocycles. The maximum absolute atomic E-state index is 5.79. The monoisotopic (exact) mass is 283 g/mol. The zero-order chi connectivity index (χ0) is 14.2. The Kier molecular flexibility index (Phi) is 3.46. The third-order valence-corrected chi connectivity index (χ3v) is 5.15. The molecule has 2 aliphatic rings. The molecule has 1 aromatic carbocycles. The quantitative estimate of drug-likeness (QED) is 0.855. The van der Waals surface area contributed by atoms with Crippen LogP contribution in [0.15, 0.2) is 18.2 Å². The van der Waals surface area contributed by atoms with Gasteiger partial charge in [-0.3, -0.25) is 0 Å². The van der Waals surface area contributed by atoms with E-state index in [9.17, 15) is 0 Å². The van der Waals surface area contributed by atoms with Crippen molar-refractivity contribution in [2.75, 3.05) is 0 Å². The van der Waals surface area contributed by atoms with Crippen LogP contribution in [0.3, 0.4) is 0 Å². The number of rotatable bonds is 3. The summed E-state index contributed by atoms with van der Waals surface area (Å²) in [6.45, 7) is 0.602.